The van der Waals surface area contributed by atoms with Gasteiger partial charge in [0, 0.05) is 13.3 Å². The number of rotatable bonds is 1. The Kier molecular flexibility index (Phi) is 2.60. The third-order valence-electron chi connectivity index (χ3n) is 1.68. The van der Waals surface area contributed by atoms with Crippen LogP contribution in [0.3, 0.4) is 0 Å². The quantitative estimate of drug-likeness (QED) is 0.508. The lowest BCUT2D eigenvalue weighted by Crippen LogP contribution is -2.08. The van der Waals surface area contributed by atoms with Crippen molar-refractivity contribution in [3.8, 4) is 11.8 Å². The predicted octanol–water partition coefficient (Wildman–Crippen LogP) is 0.823. The van der Waals surface area contributed by atoms with Gasteiger partial charge in [-0.05, 0) is 25.4 Å². The zero-order valence-electron chi connectivity index (χ0n) is 5.61. The van der Waals surface area contributed by atoms with Gasteiger partial charge in [-0.2, -0.15) is 0 Å². The zero-order chi connectivity index (χ0) is 6.53. The molecule has 9 heavy (non-hydrogen) atoms. The molecule has 1 radical (unpaired) electrons. The molecule has 1 aliphatic heterocycles. The Morgan fingerprint density at radius 1 is 1.67 bits per heavy atom. The summed E-state index contributed by atoms with van der Waals surface area (Å²) in [7, 11) is 0. The maximum Gasteiger partial charge on any atom is 0.0198 e. The fourth-order valence-corrected chi connectivity index (χ4v) is 1.11. The van der Waals surface area contributed by atoms with E-state index in [1.807, 2.05) is 0 Å². The van der Waals surface area contributed by atoms with Crippen LogP contribution in [0.5, 0.6) is 0 Å². The smallest absolute Gasteiger partial charge is 0.0198 e. The van der Waals surface area contributed by atoms with Crippen LogP contribution in [0, 0.1) is 24.7 Å². The minimum absolute atomic E-state index is 0.791. The van der Waals surface area contributed by atoms with Crippen LogP contribution in [0.2, 0.25) is 0 Å². The Morgan fingerprint density at radius 2 is 2.56 bits per heavy atom. The maximum atomic E-state index is 3.47. The first kappa shape index (κ1) is 6.64. The molecule has 0 aliphatic carbocycles. The van der Waals surface area contributed by atoms with E-state index in [9.17, 15) is 0 Å². The largest absolute Gasteiger partial charge is 0.316 e. The Balaban J connectivity index is 2.16. The highest BCUT2D eigenvalue weighted by Gasteiger charge is 2.11. The van der Waals surface area contributed by atoms with Crippen molar-refractivity contribution in [1.29, 1.82) is 0 Å². The Hall–Kier alpha value is -0.480. The number of nitrogens with one attached hydrogen (secondary N) is 1. The number of hydrogen-bond acceptors (Lipinski definition) is 1. The first-order valence-corrected chi connectivity index (χ1v) is 3.39. The summed E-state index contributed by atoms with van der Waals surface area (Å²) >= 11 is 0. The Morgan fingerprint density at radius 3 is 3.11 bits per heavy atom. The molecule has 0 aromatic heterocycles. The molecule has 0 aromatic rings. The first-order valence-electron chi connectivity index (χ1n) is 3.39. The van der Waals surface area contributed by atoms with E-state index in [1.54, 1.807) is 0 Å². The molecule has 1 fully saturated rings. The molecular formula is C8H12N. The molecule has 1 unspecified atom stereocenters. The summed E-state index contributed by atoms with van der Waals surface area (Å²) in [6, 6.07) is 0. The van der Waals surface area contributed by atoms with Crippen molar-refractivity contribution >= 4 is 0 Å². The average molecular weight is 122 g/mol. The molecular weight excluding hydrogens is 110 g/mol. The lowest BCUT2D eigenvalue weighted by molar-refractivity contribution is 0.602. The van der Waals surface area contributed by atoms with Crippen molar-refractivity contribution in [3.05, 3.63) is 6.92 Å². The fraction of sp³-hybridized carbons (Fsp3) is 0.625. The second kappa shape index (κ2) is 3.53. The molecule has 1 heteroatoms. The second-order valence-electron chi connectivity index (χ2n) is 2.42. The van der Waals surface area contributed by atoms with Crippen LogP contribution in [0.25, 0.3) is 0 Å². The normalized spacial score (nSPS) is 25.2. The SMILES string of the molecule is [CH2]C#CCC1CCNC1. The van der Waals surface area contributed by atoms with Gasteiger partial charge in [-0.3, -0.25) is 0 Å². The average Bonchev–Trinajstić information content (AvgIpc) is 2.34. The molecule has 1 nitrogen and oxygen atoms in total. The van der Waals surface area contributed by atoms with E-state index in [1.165, 1.54) is 13.0 Å². The van der Waals surface area contributed by atoms with Crippen molar-refractivity contribution in [1.82, 2.24) is 5.32 Å². The van der Waals surface area contributed by atoms with Gasteiger partial charge in [0.05, 0.1) is 0 Å². The fourth-order valence-electron chi connectivity index (χ4n) is 1.11. The van der Waals surface area contributed by atoms with Crippen molar-refractivity contribution in [2.24, 2.45) is 5.92 Å². The van der Waals surface area contributed by atoms with Gasteiger partial charge >= 0.3 is 0 Å². The lowest BCUT2D eigenvalue weighted by Gasteiger charge is -1.98. The highest BCUT2D eigenvalue weighted by molar-refractivity contribution is 5.02. The summed E-state index contributed by atoms with van der Waals surface area (Å²) in [5, 5.41) is 3.29. The van der Waals surface area contributed by atoms with Gasteiger partial charge in [0.2, 0.25) is 0 Å². The molecule has 0 spiro atoms. The Bertz CT molecular complexity index is 123. The van der Waals surface area contributed by atoms with Crippen LogP contribution in [0.1, 0.15) is 12.8 Å². The lowest BCUT2D eigenvalue weighted by atomic mass is 10.1. The highest BCUT2D eigenvalue weighted by Crippen LogP contribution is 2.10. The molecule has 0 bridgehead atoms. The van der Waals surface area contributed by atoms with Crippen LogP contribution >= 0.6 is 0 Å². The topological polar surface area (TPSA) is 12.0 Å². The van der Waals surface area contributed by atoms with E-state index >= 15 is 0 Å². The third kappa shape index (κ3) is 2.07. The molecule has 49 valence electrons. The van der Waals surface area contributed by atoms with E-state index in [-0.39, 0.29) is 0 Å². The summed E-state index contributed by atoms with van der Waals surface area (Å²) in [5.74, 6) is 6.45. The van der Waals surface area contributed by atoms with E-state index in [4.69, 9.17) is 0 Å². The molecule has 0 saturated carbocycles. The van der Waals surface area contributed by atoms with Gasteiger partial charge in [-0.1, -0.05) is 0 Å². The standard InChI is InChI=1S/C8H12N/c1-2-3-4-8-5-6-9-7-8/h8-9H,1,4-7H2. The van der Waals surface area contributed by atoms with Gasteiger partial charge in [0.1, 0.15) is 0 Å². The van der Waals surface area contributed by atoms with Gasteiger partial charge in [0.15, 0.2) is 0 Å². The van der Waals surface area contributed by atoms with Crippen molar-refractivity contribution in [2.45, 2.75) is 12.8 Å². The molecule has 1 rings (SSSR count). The number of hydrogen-bond donors (Lipinski definition) is 1. The van der Waals surface area contributed by atoms with Crippen LogP contribution in [-0.2, 0) is 0 Å². The van der Waals surface area contributed by atoms with E-state index in [0.717, 1.165) is 18.9 Å². The van der Waals surface area contributed by atoms with E-state index in [2.05, 4.69) is 24.1 Å². The molecule has 0 aromatic carbocycles. The van der Waals surface area contributed by atoms with Crippen molar-refractivity contribution in [2.75, 3.05) is 13.1 Å². The minimum Gasteiger partial charge on any atom is -0.316 e. The van der Waals surface area contributed by atoms with Crippen LogP contribution in [0.4, 0.5) is 0 Å². The molecule has 1 heterocycles. The predicted molar refractivity (Wildman–Crippen MR) is 38.7 cm³/mol. The van der Waals surface area contributed by atoms with Crippen LogP contribution < -0.4 is 5.32 Å². The van der Waals surface area contributed by atoms with E-state index < -0.39 is 0 Å². The second-order valence-corrected chi connectivity index (χ2v) is 2.42. The summed E-state index contributed by atoms with van der Waals surface area (Å²) in [4.78, 5) is 0. The van der Waals surface area contributed by atoms with E-state index in [0.29, 0.717) is 0 Å². The minimum atomic E-state index is 0.791. The highest BCUT2D eigenvalue weighted by atomic mass is 14.9. The first-order chi connectivity index (χ1) is 4.43. The molecule has 1 aliphatic rings. The summed E-state index contributed by atoms with van der Waals surface area (Å²) in [5.41, 5.74) is 0. The van der Waals surface area contributed by atoms with Gasteiger partial charge in [-0.15, -0.1) is 11.8 Å². The third-order valence-corrected chi connectivity index (χ3v) is 1.68. The summed E-state index contributed by atoms with van der Waals surface area (Å²) in [6.07, 6.45) is 2.31. The summed E-state index contributed by atoms with van der Waals surface area (Å²) in [6.45, 7) is 5.78. The van der Waals surface area contributed by atoms with Crippen LogP contribution in [-0.4, -0.2) is 13.1 Å². The molecule has 1 N–H and O–H groups in total. The summed E-state index contributed by atoms with van der Waals surface area (Å²) < 4.78 is 0. The monoisotopic (exact) mass is 122 g/mol. The zero-order valence-corrected chi connectivity index (χ0v) is 5.61. The molecule has 0 amide bonds. The molecule has 1 saturated heterocycles. The van der Waals surface area contributed by atoms with Gasteiger partial charge in [-0.25, -0.2) is 0 Å². The maximum absolute atomic E-state index is 3.47. The van der Waals surface area contributed by atoms with Crippen LogP contribution in [0.15, 0.2) is 0 Å². The molecule has 1 atom stereocenters. The van der Waals surface area contributed by atoms with Crippen molar-refractivity contribution < 1.29 is 0 Å². The van der Waals surface area contributed by atoms with Gasteiger partial charge < -0.3 is 5.32 Å². The Labute approximate surface area is 56.8 Å². The van der Waals surface area contributed by atoms with Gasteiger partial charge in [0.25, 0.3) is 0 Å². The van der Waals surface area contributed by atoms with Crippen molar-refractivity contribution in [3.63, 3.8) is 0 Å².